The minimum Gasteiger partial charge on any atom is -0.384 e. The summed E-state index contributed by atoms with van der Waals surface area (Å²) in [4.78, 5) is 4.29. The summed E-state index contributed by atoms with van der Waals surface area (Å²) in [6, 6.07) is 6.20. The van der Waals surface area contributed by atoms with Gasteiger partial charge in [0.15, 0.2) is 0 Å². The van der Waals surface area contributed by atoms with Crippen LogP contribution in [0.3, 0.4) is 0 Å². The lowest BCUT2D eigenvalue weighted by atomic mass is 10.2. The zero-order valence-electron chi connectivity index (χ0n) is 11.1. The molecule has 0 fully saturated rings. The second-order valence-electron chi connectivity index (χ2n) is 4.06. The number of hydrogen-bond donors (Lipinski definition) is 2. The van der Waals surface area contributed by atoms with Gasteiger partial charge in [-0.25, -0.2) is 18.1 Å². The lowest BCUT2D eigenvalue weighted by Crippen LogP contribution is -2.25. The van der Waals surface area contributed by atoms with Gasteiger partial charge < -0.3 is 5.11 Å². The summed E-state index contributed by atoms with van der Waals surface area (Å²) in [7, 11) is -3.52. The summed E-state index contributed by atoms with van der Waals surface area (Å²) >= 11 is 1.50. The summed E-state index contributed by atoms with van der Waals surface area (Å²) < 4.78 is 26.7. The van der Waals surface area contributed by atoms with Crippen LogP contribution in [-0.4, -0.2) is 31.7 Å². The van der Waals surface area contributed by atoms with Crippen LogP contribution in [0.5, 0.6) is 0 Å². The molecule has 5 nitrogen and oxygen atoms in total. The molecule has 0 saturated carbocycles. The molecule has 0 bridgehead atoms. The number of nitrogens with zero attached hydrogens (tertiary/aromatic N) is 1. The molecule has 0 aliphatic rings. The maximum absolute atomic E-state index is 12.1. The summed E-state index contributed by atoms with van der Waals surface area (Å²) in [5.74, 6) is 5.22. The number of rotatable bonds is 5. The Kier molecular flexibility index (Phi) is 5.47. The molecule has 110 valence electrons. The van der Waals surface area contributed by atoms with Crippen molar-refractivity contribution in [3.63, 3.8) is 0 Å². The number of benzene rings is 1. The molecule has 0 unspecified atom stereocenters. The molecular formula is C14H14N2O3S2. The van der Waals surface area contributed by atoms with E-state index in [-0.39, 0.29) is 11.5 Å². The minimum atomic E-state index is -3.52. The Morgan fingerprint density at radius 3 is 2.67 bits per heavy atom. The van der Waals surface area contributed by atoms with Crippen molar-refractivity contribution in [2.24, 2.45) is 0 Å². The average Bonchev–Trinajstić information content (AvgIpc) is 2.98. The first-order chi connectivity index (χ1) is 10.1. The zero-order valence-corrected chi connectivity index (χ0v) is 12.7. The lowest BCUT2D eigenvalue weighted by Gasteiger charge is -2.05. The quantitative estimate of drug-likeness (QED) is 0.805. The number of hydrogen-bond acceptors (Lipinski definition) is 5. The van der Waals surface area contributed by atoms with Crippen molar-refractivity contribution in [3.8, 4) is 11.8 Å². The van der Waals surface area contributed by atoms with E-state index >= 15 is 0 Å². The van der Waals surface area contributed by atoms with Gasteiger partial charge in [0.2, 0.25) is 10.0 Å². The van der Waals surface area contributed by atoms with Crippen LogP contribution < -0.4 is 4.72 Å². The van der Waals surface area contributed by atoms with Gasteiger partial charge in [0.25, 0.3) is 0 Å². The fraction of sp³-hybridized carbons (Fsp3) is 0.214. The van der Waals surface area contributed by atoms with Crippen LogP contribution in [0.4, 0.5) is 0 Å². The predicted molar refractivity (Wildman–Crippen MR) is 81.4 cm³/mol. The fourth-order valence-electron chi connectivity index (χ4n) is 1.61. The highest BCUT2D eigenvalue weighted by atomic mass is 32.2. The third-order valence-corrected chi connectivity index (χ3v) is 4.91. The molecule has 1 aromatic heterocycles. The summed E-state index contributed by atoms with van der Waals surface area (Å²) in [6.07, 6.45) is 2.26. The van der Waals surface area contributed by atoms with Crippen LogP contribution in [0, 0.1) is 11.8 Å². The normalized spacial score (nSPS) is 10.9. The van der Waals surface area contributed by atoms with E-state index in [9.17, 15) is 8.42 Å². The molecule has 0 saturated heterocycles. The highest BCUT2D eigenvalue weighted by Gasteiger charge is 2.13. The van der Waals surface area contributed by atoms with Crippen LogP contribution >= 0.6 is 11.3 Å². The summed E-state index contributed by atoms with van der Waals surface area (Å²) in [5.41, 5.74) is 0.658. The smallest absolute Gasteiger partial charge is 0.240 e. The number of aliphatic hydroxyl groups is 1. The van der Waals surface area contributed by atoms with Gasteiger partial charge in [-0.3, -0.25) is 0 Å². The molecule has 0 aliphatic carbocycles. The topological polar surface area (TPSA) is 79.3 Å². The van der Waals surface area contributed by atoms with Gasteiger partial charge >= 0.3 is 0 Å². The molecule has 21 heavy (non-hydrogen) atoms. The third-order valence-electron chi connectivity index (χ3n) is 2.59. The van der Waals surface area contributed by atoms with Gasteiger partial charge in [-0.1, -0.05) is 11.8 Å². The molecule has 7 heteroatoms. The molecule has 2 N–H and O–H groups in total. The van der Waals surface area contributed by atoms with E-state index < -0.39 is 10.0 Å². The van der Waals surface area contributed by atoms with E-state index in [4.69, 9.17) is 5.11 Å². The van der Waals surface area contributed by atoms with E-state index in [1.54, 1.807) is 18.3 Å². The molecular weight excluding hydrogens is 308 g/mol. The number of thiazole rings is 1. The highest BCUT2D eigenvalue weighted by molar-refractivity contribution is 7.89. The van der Waals surface area contributed by atoms with Crippen molar-refractivity contribution in [1.82, 2.24) is 9.71 Å². The predicted octanol–water partition coefficient (Wildman–Crippen LogP) is 1.01. The second kappa shape index (κ2) is 7.33. The molecule has 0 atom stereocenters. The first-order valence-corrected chi connectivity index (χ1v) is 8.56. The summed E-state index contributed by atoms with van der Waals surface area (Å²) in [5, 5.41) is 11.4. The SMILES string of the molecule is O=S(=O)(NCCc1nccs1)c1ccc(C#CCO)cc1. The molecule has 0 aliphatic heterocycles. The first-order valence-electron chi connectivity index (χ1n) is 6.19. The monoisotopic (exact) mass is 322 g/mol. The van der Waals surface area contributed by atoms with Crippen molar-refractivity contribution in [2.75, 3.05) is 13.2 Å². The van der Waals surface area contributed by atoms with E-state index in [0.29, 0.717) is 18.5 Å². The van der Waals surface area contributed by atoms with Crippen LogP contribution in [0.15, 0.2) is 40.7 Å². The Balaban J connectivity index is 1.98. The van der Waals surface area contributed by atoms with Crippen molar-refractivity contribution < 1.29 is 13.5 Å². The molecule has 2 rings (SSSR count). The first kappa shape index (κ1) is 15.7. The number of sulfonamides is 1. The third kappa shape index (κ3) is 4.65. The van der Waals surface area contributed by atoms with E-state index in [0.717, 1.165) is 5.01 Å². The van der Waals surface area contributed by atoms with Crippen LogP contribution in [-0.2, 0) is 16.4 Å². The Hall–Kier alpha value is -1.72. The Bertz CT molecular complexity index is 727. The summed E-state index contributed by atoms with van der Waals surface area (Å²) in [6.45, 7) is 0.0836. The van der Waals surface area contributed by atoms with Crippen LogP contribution in [0.25, 0.3) is 0 Å². The zero-order chi connectivity index (χ0) is 15.1. The standard InChI is InChI=1S/C14H14N2O3S2/c17-10-1-2-12-3-5-13(6-4-12)21(18,19)16-8-7-14-15-9-11-20-14/h3-6,9,11,16-17H,7-8,10H2. The second-order valence-corrected chi connectivity index (χ2v) is 6.80. The molecule has 2 aromatic rings. The fourth-order valence-corrected chi connectivity index (χ4v) is 3.26. The van der Waals surface area contributed by atoms with Gasteiger partial charge in [-0.15, -0.1) is 11.3 Å². The van der Waals surface area contributed by atoms with Crippen molar-refractivity contribution in [1.29, 1.82) is 0 Å². The van der Waals surface area contributed by atoms with Gasteiger partial charge in [0.1, 0.15) is 6.61 Å². The average molecular weight is 322 g/mol. The van der Waals surface area contributed by atoms with Crippen LogP contribution in [0.2, 0.25) is 0 Å². The Morgan fingerprint density at radius 1 is 1.29 bits per heavy atom. The molecule has 1 heterocycles. The Morgan fingerprint density at radius 2 is 2.05 bits per heavy atom. The van der Waals surface area contributed by atoms with E-state index in [1.807, 2.05) is 5.38 Å². The maximum Gasteiger partial charge on any atom is 0.240 e. The lowest BCUT2D eigenvalue weighted by molar-refractivity contribution is 0.350. The minimum absolute atomic E-state index is 0.191. The molecule has 1 aromatic carbocycles. The molecule has 0 spiro atoms. The van der Waals surface area contributed by atoms with E-state index in [1.165, 1.54) is 23.5 Å². The molecule has 0 amide bonds. The van der Waals surface area contributed by atoms with Gasteiger partial charge in [-0.2, -0.15) is 0 Å². The van der Waals surface area contributed by atoms with Crippen LogP contribution in [0.1, 0.15) is 10.6 Å². The maximum atomic E-state index is 12.1. The Labute approximate surface area is 127 Å². The van der Waals surface area contributed by atoms with Crippen molar-refractivity contribution in [2.45, 2.75) is 11.3 Å². The highest BCUT2D eigenvalue weighted by Crippen LogP contribution is 2.10. The van der Waals surface area contributed by atoms with Crippen molar-refractivity contribution >= 4 is 21.4 Å². The molecule has 0 radical (unpaired) electrons. The van der Waals surface area contributed by atoms with Crippen molar-refractivity contribution in [3.05, 3.63) is 46.4 Å². The van der Waals surface area contributed by atoms with Gasteiger partial charge in [0, 0.05) is 30.1 Å². The largest absolute Gasteiger partial charge is 0.384 e. The van der Waals surface area contributed by atoms with Gasteiger partial charge in [-0.05, 0) is 24.3 Å². The number of aliphatic hydroxyl groups excluding tert-OH is 1. The van der Waals surface area contributed by atoms with E-state index in [2.05, 4.69) is 21.5 Å². The number of nitrogens with one attached hydrogen (secondary N) is 1. The van der Waals surface area contributed by atoms with Gasteiger partial charge in [0.05, 0.1) is 9.90 Å². The number of aromatic nitrogens is 1.